The molecule has 0 bridgehead atoms. The number of Topliss-reactive ketones (excluding diaryl/α,β-unsaturated/α-hetero) is 1. The Bertz CT molecular complexity index is 6210. The number of imidazole rings is 3. The van der Waals surface area contributed by atoms with E-state index in [1.165, 1.54) is 6.33 Å². The number of hydrogen-bond donors (Lipinski definition) is 3. The highest BCUT2D eigenvalue weighted by atomic mass is 16.6. The van der Waals surface area contributed by atoms with Crippen LogP contribution in [0.3, 0.4) is 0 Å². The Labute approximate surface area is 861 Å². The van der Waals surface area contributed by atoms with E-state index < -0.39 is 12.0 Å². The van der Waals surface area contributed by atoms with Crippen molar-refractivity contribution < 1.29 is 99.1 Å². The van der Waals surface area contributed by atoms with E-state index in [0.29, 0.717) is 64.4 Å². The molecular formula is C113H158N17O16+5. The lowest BCUT2D eigenvalue weighted by Crippen LogP contribution is -2.35. The molecule has 7 aromatic heterocycles. The van der Waals surface area contributed by atoms with E-state index in [4.69, 9.17) is 44.6 Å². The van der Waals surface area contributed by atoms with Gasteiger partial charge in [0, 0.05) is 46.5 Å². The van der Waals surface area contributed by atoms with Crippen molar-refractivity contribution in [1.82, 2.24) is 49.1 Å². The Kier molecular flexibility index (Phi) is 44.3. The summed E-state index contributed by atoms with van der Waals surface area (Å²) in [5.74, 6) is -1.67. The third-order valence-corrected chi connectivity index (χ3v) is 24.7. The van der Waals surface area contributed by atoms with E-state index in [1.54, 1.807) is 68.7 Å². The number of nitrogens with zero attached hydrogens (tertiary/aromatic N) is 14. The fraction of sp³-hybridized carbons (Fsp3) is 0.460. The number of aryl methyl sites for hydroxylation is 3. The number of hydrogen-bond acceptors (Lipinski definition) is 22. The van der Waals surface area contributed by atoms with Crippen molar-refractivity contribution in [3.63, 3.8) is 0 Å². The van der Waals surface area contributed by atoms with Crippen LogP contribution in [0, 0.1) is 37.9 Å². The highest BCUT2D eigenvalue weighted by Gasteiger charge is 2.33. The molecule has 5 aromatic carbocycles. The average Bonchev–Trinajstić information content (AvgIpc) is 1.26. The number of amides is 1. The lowest BCUT2D eigenvalue weighted by molar-refractivity contribution is -0.688. The highest BCUT2D eigenvalue weighted by Crippen LogP contribution is 2.30. The molecule has 0 saturated carbocycles. The van der Waals surface area contributed by atoms with E-state index in [0.717, 1.165) is 45.6 Å². The third-order valence-electron chi connectivity index (χ3n) is 24.7. The molecule has 0 aliphatic rings. The second kappa shape index (κ2) is 53.9. The quantitative estimate of drug-likeness (QED) is 0.0149. The second-order valence-corrected chi connectivity index (χ2v) is 44.1. The lowest BCUT2D eigenvalue weighted by atomic mass is 9.90. The van der Waals surface area contributed by atoms with E-state index >= 15 is 0 Å². The summed E-state index contributed by atoms with van der Waals surface area (Å²) < 4.78 is 55.1. The van der Waals surface area contributed by atoms with Gasteiger partial charge >= 0.3 is 41.9 Å². The van der Waals surface area contributed by atoms with E-state index in [2.05, 4.69) is 102 Å². The van der Waals surface area contributed by atoms with Gasteiger partial charge < -0.3 is 44.6 Å². The minimum atomic E-state index is -0.667. The number of rotatable bonds is 26. The summed E-state index contributed by atoms with van der Waals surface area (Å²) in [5.41, 5.74) is 19.1. The van der Waals surface area contributed by atoms with Crippen molar-refractivity contribution in [3.05, 3.63) is 305 Å². The Morgan fingerprint density at radius 2 is 0.740 bits per heavy atom. The predicted molar refractivity (Wildman–Crippen MR) is 556 cm³/mol. The van der Waals surface area contributed by atoms with Crippen LogP contribution in [0.1, 0.15) is 307 Å². The number of H-pyrrole nitrogens is 1. The predicted octanol–water partition coefficient (Wildman–Crippen LogP) is 17.4. The fourth-order valence-electron chi connectivity index (χ4n) is 12.0. The van der Waals surface area contributed by atoms with Gasteiger partial charge in [0.05, 0.1) is 54.5 Å². The number of ketones is 1. The SMILES string of the molecule is CC(=O)c1cc[n+](Cc2cccc(C(=O)O[C@H](C)C(C)(C)C)c2)cc1.C[C@@H](OC(=O)Cc1ncn[nH]1)C(C)(C)C.C[C@@H](OC(=O)c1ccc(Cn2cc[n+](C)c2)cc1)C(C)(C)C.C[C@@H](OC(=O)c1cccc(Cn2cc[n+](C)c2)c1)C(C)(C)C.C[C@@H](OC(=O)c1ccccc1C[n+]1ccc(C(N)=O)cc1)C(C)(C)C.C[C@@H](OC(=O)c1ccccc1Cn1cc[n+](C)c1)C(C)(C)C.C[C@@H](OC(=O)n1nnnc1N)C(C)(C)C. The first-order chi connectivity index (χ1) is 67.8. The normalized spacial score (nSPS) is 12.9. The average molecular weight is 2010 g/mol. The zero-order chi connectivity index (χ0) is 109. The first-order valence-corrected chi connectivity index (χ1v) is 48.9. The molecule has 12 aromatic rings. The first-order valence-electron chi connectivity index (χ1n) is 48.9. The minimum absolute atomic E-state index is 0.0446. The number of primary amides is 1. The van der Waals surface area contributed by atoms with E-state index in [9.17, 15) is 43.2 Å². The Balaban J connectivity index is 0.000000262. The second-order valence-electron chi connectivity index (χ2n) is 44.1. The van der Waals surface area contributed by atoms with Gasteiger partial charge in [0.25, 0.3) is 5.95 Å². The van der Waals surface area contributed by atoms with Crippen LogP contribution < -0.4 is 34.3 Å². The molecule has 12 rings (SSSR count). The van der Waals surface area contributed by atoms with Crippen molar-refractivity contribution >= 4 is 59.5 Å². The van der Waals surface area contributed by atoms with Crippen LogP contribution in [-0.2, 0) is 98.2 Å². The van der Waals surface area contributed by atoms with E-state index in [-0.39, 0.29) is 135 Å². The largest absolute Gasteiger partial charge is 0.462 e. The Hall–Kier alpha value is -14.5. The van der Waals surface area contributed by atoms with E-state index in [1.807, 2.05) is 345 Å². The lowest BCUT2D eigenvalue weighted by Gasteiger charge is -2.27. The van der Waals surface area contributed by atoms with Crippen LogP contribution in [-0.4, -0.2) is 145 Å². The summed E-state index contributed by atoms with van der Waals surface area (Å²) in [7, 11) is 5.95. The third kappa shape index (κ3) is 41.3. The Morgan fingerprint density at radius 3 is 1.13 bits per heavy atom. The molecule has 0 aliphatic carbocycles. The number of carbonyl (C=O) groups is 9. The zero-order valence-electron chi connectivity index (χ0n) is 91.7. The molecule has 0 radical (unpaired) electrons. The standard InChI is InChI=1S/C21H26NO3.C20H24N2O3.3C18H25N2O2.C10H17N3O2.C8H15N5O2/c1-15(23)18-9-11-22(12-10-18)14-17-7-6-8-19(13-17)20(24)25-16(2)21(3,4)5;1-14(20(2,3)4)25-19(24)17-8-6-5-7-16(17)13-22-11-9-15(10-12-22)18(21)23;1-14(18(2,3)4)22-17(21)16-8-6-15(7-9-16)12-20-11-10-19(5)13-20;1-14(18(2,3)4)22-17(21)16-8-6-7-15(11-16)12-20-10-9-19(5)13-20;1-14(18(2,3)4)22-17(21)16-9-7-6-8-15(16)12-20-11-10-19(5)13-20;1-7(10(2,3)4)15-9(14)5-8-11-6-12-13-8;1-5(8(2,3)4)15-7(14)13-6(9)10-11-12-13/h6-13,16H,14H2,1-5H3;5-12,14H,13H2,1-4H3,(H-,21,23);3*6-11,13-14H,12H2,1-5H3;6-7H,5H2,1-4H3,(H,11,12,13);5H,1-4H3,(H2,9,10,12)/q+1;;3*+1;;/p+1/t16-;4*14-;7-;5-/m1111111/s1. The maximum atomic E-state index is 12.6. The summed E-state index contributed by atoms with van der Waals surface area (Å²) in [6.45, 7) is 60.9. The summed E-state index contributed by atoms with van der Waals surface area (Å²) in [6, 6.07) is 44.6. The number of nitrogens with two attached hydrogens (primary N) is 2. The molecule has 7 atom stereocenters. The van der Waals surface area contributed by atoms with Crippen LogP contribution in [0.4, 0.5) is 10.7 Å². The number of aromatic nitrogens is 15. The maximum absolute atomic E-state index is 12.6. The van der Waals surface area contributed by atoms with Crippen molar-refractivity contribution in [2.45, 2.75) is 283 Å². The van der Waals surface area contributed by atoms with Crippen LogP contribution in [0.2, 0.25) is 0 Å². The van der Waals surface area contributed by atoms with Crippen LogP contribution in [0.25, 0.3) is 0 Å². The van der Waals surface area contributed by atoms with Crippen molar-refractivity contribution in [2.75, 3.05) is 5.73 Å². The van der Waals surface area contributed by atoms with Gasteiger partial charge in [0.15, 0.2) is 43.7 Å². The smallest absolute Gasteiger partial charge is 0.439 e. The zero-order valence-corrected chi connectivity index (χ0v) is 91.7. The number of aromatic amines is 1. The molecule has 0 spiro atoms. The molecule has 7 heterocycles. The van der Waals surface area contributed by atoms with Gasteiger partial charge in [0.1, 0.15) is 118 Å². The number of anilines is 1. The topological polar surface area (TPSA) is 390 Å². The number of nitrogens with one attached hydrogen (secondary N) is 1. The summed E-state index contributed by atoms with van der Waals surface area (Å²) in [4.78, 5) is 111. The maximum Gasteiger partial charge on any atom is 0.439 e. The number of esters is 6. The van der Waals surface area contributed by atoms with Crippen LogP contribution in [0.5, 0.6) is 0 Å². The molecule has 0 saturated heterocycles. The van der Waals surface area contributed by atoms with Crippen molar-refractivity contribution in [3.8, 4) is 0 Å². The minimum Gasteiger partial charge on any atom is -0.462 e. The van der Waals surface area contributed by atoms with Crippen molar-refractivity contribution in [1.29, 1.82) is 0 Å². The number of nitrogen functional groups attached to an aromatic ring is 1. The molecule has 0 unspecified atom stereocenters. The van der Waals surface area contributed by atoms with Gasteiger partial charge in [-0.3, -0.25) is 19.5 Å². The summed E-state index contributed by atoms with van der Waals surface area (Å²) >= 11 is 0. The highest BCUT2D eigenvalue weighted by molar-refractivity contribution is 5.95. The molecule has 0 fully saturated rings. The number of tetrazole rings is 1. The van der Waals surface area contributed by atoms with Gasteiger partial charge in [0.2, 0.25) is 24.9 Å². The van der Waals surface area contributed by atoms with Crippen molar-refractivity contribution in [2.24, 2.45) is 64.8 Å². The van der Waals surface area contributed by atoms with Gasteiger partial charge in [-0.2, -0.15) is 5.10 Å². The number of pyridine rings is 2. The molecule has 0 aliphatic heterocycles. The summed E-state index contributed by atoms with van der Waals surface area (Å²) in [5, 5.41) is 16.3. The molecule has 1 amide bonds. The number of ether oxygens (including phenoxy) is 7. The molecular weight excluding hydrogens is 1850 g/mol. The molecule has 33 nitrogen and oxygen atoms in total. The Morgan fingerprint density at radius 1 is 0.377 bits per heavy atom. The van der Waals surface area contributed by atoms with Crippen LogP contribution >= 0.6 is 0 Å². The van der Waals surface area contributed by atoms with Gasteiger partial charge in [-0.15, -0.1) is 4.68 Å². The number of carbonyl (C=O) groups excluding carboxylic acids is 9. The van der Waals surface area contributed by atoms with Gasteiger partial charge in [-0.05, 0) is 163 Å². The molecule has 146 heavy (non-hydrogen) atoms. The molecule has 33 heteroatoms. The molecule has 786 valence electrons. The van der Waals surface area contributed by atoms with Gasteiger partial charge in [-0.1, -0.05) is 223 Å². The number of benzene rings is 5. The first kappa shape index (κ1) is 120. The van der Waals surface area contributed by atoms with Gasteiger partial charge in [-0.25, -0.2) is 70.3 Å². The van der Waals surface area contributed by atoms with Crippen LogP contribution in [0.15, 0.2) is 233 Å². The summed E-state index contributed by atoms with van der Waals surface area (Å²) in [6.07, 6.45) is 25.0. The fourth-order valence-corrected chi connectivity index (χ4v) is 12.0. The monoisotopic (exact) mass is 2010 g/mol. The molecule has 5 N–H and O–H groups in total.